The van der Waals surface area contributed by atoms with Gasteiger partial charge in [-0.3, -0.25) is 9.69 Å². The SMILES string of the molecule is CCC(CC)N(CCO)CC(=O)N1CCCCC1CC. The summed E-state index contributed by atoms with van der Waals surface area (Å²) >= 11 is 0. The second-order valence-electron chi connectivity index (χ2n) is 5.81. The van der Waals surface area contributed by atoms with Gasteiger partial charge in [0.1, 0.15) is 0 Å². The van der Waals surface area contributed by atoms with Crippen LogP contribution in [0.1, 0.15) is 59.3 Å². The molecule has 0 saturated carbocycles. The quantitative estimate of drug-likeness (QED) is 0.743. The number of piperidine rings is 1. The first-order valence-corrected chi connectivity index (χ1v) is 8.32. The van der Waals surface area contributed by atoms with Crippen molar-refractivity contribution >= 4 is 5.91 Å². The molecule has 118 valence electrons. The Kier molecular flexibility index (Phi) is 8.15. The molecule has 1 atom stereocenters. The van der Waals surface area contributed by atoms with Crippen molar-refractivity contribution in [2.45, 2.75) is 71.4 Å². The Balaban J connectivity index is 2.63. The zero-order chi connectivity index (χ0) is 15.0. The number of hydrogen-bond donors (Lipinski definition) is 1. The number of carbonyl (C=O) groups is 1. The molecule has 0 aromatic rings. The average molecular weight is 284 g/mol. The zero-order valence-electron chi connectivity index (χ0n) is 13.5. The summed E-state index contributed by atoms with van der Waals surface area (Å²) in [4.78, 5) is 16.8. The largest absolute Gasteiger partial charge is 0.395 e. The lowest BCUT2D eigenvalue weighted by Gasteiger charge is -2.38. The molecule has 1 heterocycles. The lowest BCUT2D eigenvalue weighted by atomic mass is 10.00. The molecule has 0 aromatic heterocycles. The first kappa shape index (κ1) is 17.4. The first-order chi connectivity index (χ1) is 9.67. The van der Waals surface area contributed by atoms with Gasteiger partial charge in [0.2, 0.25) is 5.91 Å². The Morgan fingerprint density at radius 2 is 2.00 bits per heavy atom. The van der Waals surface area contributed by atoms with Crippen LogP contribution in [0.25, 0.3) is 0 Å². The van der Waals surface area contributed by atoms with Crippen molar-refractivity contribution in [3.63, 3.8) is 0 Å². The van der Waals surface area contributed by atoms with Crippen molar-refractivity contribution < 1.29 is 9.90 Å². The number of amides is 1. The van der Waals surface area contributed by atoms with E-state index in [1.54, 1.807) is 0 Å². The summed E-state index contributed by atoms with van der Waals surface area (Å²) in [6.07, 6.45) is 6.63. The summed E-state index contributed by atoms with van der Waals surface area (Å²) in [5.74, 6) is 0.247. The summed E-state index contributed by atoms with van der Waals surface area (Å²) in [6, 6.07) is 0.824. The van der Waals surface area contributed by atoms with Crippen LogP contribution < -0.4 is 0 Å². The molecule has 1 fully saturated rings. The van der Waals surface area contributed by atoms with Gasteiger partial charge in [-0.05, 0) is 38.5 Å². The van der Waals surface area contributed by atoms with E-state index in [0.717, 1.165) is 38.6 Å². The standard InChI is InChI=1S/C16H32N2O2/c1-4-14(5-2)17(11-12-19)13-16(20)18-10-8-7-9-15(18)6-3/h14-15,19H,4-13H2,1-3H3. The van der Waals surface area contributed by atoms with E-state index in [2.05, 4.69) is 30.6 Å². The molecule has 1 rings (SSSR count). The molecule has 1 N–H and O–H groups in total. The highest BCUT2D eigenvalue weighted by atomic mass is 16.3. The van der Waals surface area contributed by atoms with Crippen LogP contribution in [-0.2, 0) is 4.79 Å². The van der Waals surface area contributed by atoms with E-state index < -0.39 is 0 Å². The Morgan fingerprint density at radius 1 is 1.30 bits per heavy atom. The maximum Gasteiger partial charge on any atom is 0.237 e. The van der Waals surface area contributed by atoms with Crippen molar-refractivity contribution in [2.24, 2.45) is 0 Å². The van der Waals surface area contributed by atoms with Gasteiger partial charge in [-0.1, -0.05) is 20.8 Å². The average Bonchev–Trinajstić information content (AvgIpc) is 2.48. The number of aliphatic hydroxyl groups excluding tert-OH is 1. The number of rotatable bonds is 8. The van der Waals surface area contributed by atoms with Gasteiger partial charge in [0.15, 0.2) is 0 Å². The molecular weight excluding hydrogens is 252 g/mol. The number of likely N-dealkylation sites (tertiary alicyclic amines) is 1. The van der Waals surface area contributed by atoms with E-state index in [1.807, 2.05) is 0 Å². The minimum Gasteiger partial charge on any atom is -0.395 e. The maximum atomic E-state index is 12.6. The Hall–Kier alpha value is -0.610. The van der Waals surface area contributed by atoms with E-state index >= 15 is 0 Å². The Bertz CT molecular complexity index is 280. The van der Waals surface area contributed by atoms with Crippen LogP contribution in [0, 0.1) is 0 Å². The molecule has 1 unspecified atom stereocenters. The van der Waals surface area contributed by atoms with E-state index in [4.69, 9.17) is 0 Å². The van der Waals surface area contributed by atoms with Crippen LogP contribution in [0.3, 0.4) is 0 Å². The van der Waals surface area contributed by atoms with Gasteiger partial charge in [0, 0.05) is 25.2 Å². The van der Waals surface area contributed by atoms with Crippen LogP contribution in [0.5, 0.6) is 0 Å². The summed E-state index contributed by atoms with van der Waals surface area (Å²) in [7, 11) is 0. The molecule has 0 spiro atoms. The first-order valence-electron chi connectivity index (χ1n) is 8.32. The van der Waals surface area contributed by atoms with Crippen molar-refractivity contribution in [3.05, 3.63) is 0 Å². The minimum absolute atomic E-state index is 0.126. The lowest BCUT2D eigenvalue weighted by molar-refractivity contribution is -0.137. The van der Waals surface area contributed by atoms with E-state index in [1.165, 1.54) is 6.42 Å². The van der Waals surface area contributed by atoms with Gasteiger partial charge in [-0.2, -0.15) is 0 Å². The molecule has 1 amide bonds. The van der Waals surface area contributed by atoms with Gasteiger partial charge in [0.05, 0.1) is 13.2 Å². The normalized spacial score (nSPS) is 19.9. The van der Waals surface area contributed by atoms with Gasteiger partial charge in [-0.15, -0.1) is 0 Å². The fourth-order valence-corrected chi connectivity index (χ4v) is 3.34. The van der Waals surface area contributed by atoms with Gasteiger partial charge in [0.25, 0.3) is 0 Å². The highest BCUT2D eigenvalue weighted by molar-refractivity contribution is 5.78. The van der Waals surface area contributed by atoms with E-state index in [0.29, 0.717) is 25.2 Å². The predicted octanol–water partition coefficient (Wildman–Crippen LogP) is 2.26. The highest BCUT2D eigenvalue weighted by Gasteiger charge is 2.27. The maximum absolute atomic E-state index is 12.6. The highest BCUT2D eigenvalue weighted by Crippen LogP contribution is 2.20. The van der Waals surface area contributed by atoms with E-state index in [9.17, 15) is 9.90 Å². The van der Waals surface area contributed by atoms with Gasteiger partial charge in [-0.25, -0.2) is 0 Å². The monoisotopic (exact) mass is 284 g/mol. The smallest absolute Gasteiger partial charge is 0.237 e. The molecule has 0 bridgehead atoms. The fraction of sp³-hybridized carbons (Fsp3) is 0.938. The lowest BCUT2D eigenvalue weighted by Crippen LogP contribution is -2.50. The molecule has 0 aromatic carbocycles. The minimum atomic E-state index is 0.126. The molecule has 1 aliphatic rings. The summed E-state index contributed by atoms with van der Waals surface area (Å²) in [5, 5.41) is 9.23. The second-order valence-corrected chi connectivity index (χ2v) is 5.81. The van der Waals surface area contributed by atoms with Crippen molar-refractivity contribution in [2.75, 3.05) is 26.2 Å². The van der Waals surface area contributed by atoms with Crippen LogP contribution in [0.4, 0.5) is 0 Å². The van der Waals surface area contributed by atoms with Crippen molar-refractivity contribution in [1.29, 1.82) is 0 Å². The molecule has 0 aliphatic carbocycles. The van der Waals surface area contributed by atoms with Gasteiger partial charge >= 0.3 is 0 Å². The van der Waals surface area contributed by atoms with E-state index in [-0.39, 0.29) is 12.5 Å². The molecule has 4 heteroatoms. The number of carbonyl (C=O) groups excluding carboxylic acids is 1. The van der Waals surface area contributed by atoms with Crippen LogP contribution >= 0.6 is 0 Å². The summed E-state index contributed by atoms with van der Waals surface area (Å²) in [6.45, 7) is 8.57. The molecular formula is C16H32N2O2. The zero-order valence-corrected chi connectivity index (χ0v) is 13.5. The summed E-state index contributed by atoms with van der Waals surface area (Å²) < 4.78 is 0. The van der Waals surface area contributed by atoms with Crippen LogP contribution in [0.15, 0.2) is 0 Å². The molecule has 1 aliphatic heterocycles. The second kappa shape index (κ2) is 9.35. The third-order valence-electron chi connectivity index (χ3n) is 4.60. The van der Waals surface area contributed by atoms with Crippen molar-refractivity contribution in [3.8, 4) is 0 Å². The number of nitrogens with zero attached hydrogens (tertiary/aromatic N) is 2. The van der Waals surface area contributed by atoms with Crippen molar-refractivity contribution in [1.82, 2.24) is 9.80 Å². The number of aliphatic hydroxyl groups is 1. The molecule has 20 heavy (non-hydrogen) atoms. The topological polar surface area (TPSA) is 43.8 Å². The fourth-order valence-electron chi connectivity index (χ4n) is 3.34. The molecule has 0 radical (unpaired) electrons. The van der Waals surface area contributed by atoms with Crippen LogP contribution in [-0.4, -0.2) is 59.1 Å². The third-order valence-corrected chi connectivity index (χ3v) is 4.60. The molecule has 1 saturated heterocycles. The third kappa shape index (κ3) is 4.74. The van der Waals surface area contributed by atoms with Gasteiger partial charge < -0.3 is 10.0 Å². The summed E-state index contributed by atoms with van der Waals surface area (Å²) in [5.41, 5.74) is 0. The Morgan fingerprint density at radius 3 is 2.55 bits per heavy atom. The molecule has 4 nitrogen and oxygen atoms in total. The predicted molar refractivity (Wildman–Crippen MR) is 82.7 cm³/mol. The number of hydrogen-bond acceptors (Lipinski definition) is 3. The van der Waals surface area contributed by atoms with Crippen LogP contribution in [0.2, 0.25) is 0 Å². The Labute approximate surface area is 124 Å².